The normalized spacial score (nSPS) is 16.0. The Kier molecular flexibility index (Phi) is 19.4. The standard InChI is InChI=1S/C29H58N2/c1-4-6-8-10-12-14-15-16-17-18-20-22-24-26-31-28-27-30(3)29(31)25-23-21-19-13-11-9-7-5-2/h27-29H,4-26H2,1-3H3. The fraction of sp³-hybridized carbons (Fsp3) is 0.931. The van der Waals surface area contributed by atoms with Crippen LogP contribution in [0.5, 0.6) is 0 Å². The van der Waals surface area contributed by atoms with Crippen molar-refractivity contribution in [3.05, 3.63) is 12.4 Å². The highest BCUT2D eigenvalue weighted by Crippen LogP contribution is 2.21. The molecule has 0 bridgehead atoms. The van der Waals surface area contributed by atoms with Crippen LogP contribution in [0.1, 0.15) is 155 Å². The van der Waals surface area contributed by atoms with Crippen LogP contribution in [0.3, 0.4) is 0 Å². The summed E-state index contributed by atoms with van der Waals surface area (Å²) in [6.45, 7) is 5.85. The van der Waals surface area contributed by atoms with Crippen molar-refractivity contribution in [2.24, 2.45) is 0 Å². The largest absolute Gasteiger partial charge is 0.359 e. The Bertz CT molecular complexity index is 392. The molecule has 0 amide bonds. The molecule has 184 valence electrons. The first-order chi connectivity index (χ1) is 15.3. The molecule has 0 N–H and O–H groups in total. The van der Waals surface area contributed by atoms with Gasteiger partial charge in [-0.2, -0.15) is 0 Å². The smallest absolute Gasteiger partial charge is 0.100 e. The van der Waals surface area contributed by atoms with Crippen molar-refractivity contribution < 1.29 is 0 Å². The van der Waals surface area contributed by atoms with E-state index >= 15 is 0 Å². The van der Waals surface area contributed by atoms with E-state index < -0.39 is 0 Å². The molecule has 2 nitrogen and oxygen atoms in total. The molecule has 1 aliphatic rings. The molecule has 0 aromatic heterocycles. The van der Waals surface area contributed by atoms with Gasteiger partial charge in [-0.3, -0.25) is 0 Å². The molecule has 0 saturated carbocycles. The van der Waals surface area contributed by atoms with Crippen LogP contribution in [-0.2, 0) is 0 Å². The van der Waals surface area contributed by atoms with Crippen LogP contribution in [0.4, 0.5) is 0 Å². The van der Waals surface area contributed by atoms with Crippen LogP contribution < -0.4 is 0 Å². The summed E-state index contributed by atoms with van der Waals surface area (Å²) >= 11 is 0. The van der Waals surface area contributed by atoms with Gasteiger partial charge in [0, 0.05) is 26.0 Å². The maximum atomic E-state index is 2.61. The summed E-state index contributed by atoms with van der Waals surface area (Å²) in [6, 6.07) is 0. The Morgan fingerprint density at radius 3 is 1.32 bits per heavy atom. The molecule has 0 aliphatic carbocycles. The molecule has 1 unspecified atom stereocenters. The van der Waals surface area contributed by atoms with Crippen molar-refractivity contribution in [3.8, 4) is 0 Å². The Hall–Kier alpha value is -0.660. The molecule has 31 heavy (non-hydrogen) atoms. The van der Waals surface area contributed by atoms with Crippen molar-refractivity contribution in [1.82, 2.24) is 9.80 Å². The van der Waals surface area contributed by atoms with Crippen LogP contribution in [0.25, 0.3) is 0 Å². The first-order valence-corrected chi connectivity index (χ1v) is 14.5. The van der Waals surface area contributed by atoms with Crippen molar-refractivity contribution in [3.63, 3.8) is 0 Å². The third-order valence-electron chi connectivity index (χ3n) is 7.18. The van der Waals surface area contributed by atoms with Crippen LogP contribution in [-0.4, -0.2) is 29.6 Å². The zero-order chi connectivity index (χ0) is 22.4. The molecule has 1 rings (SSSR count). The Morgan fingerprint density at radius 1 is 0.484 bits per heavy atom. The van der Waals surface area contributed by atoms with Gasteiger partial charge in [0.2, 0.25) is 0 Å². The van der Waals surface area contributed by atoms with Gasteiger partial charge in [0.1, 0.15) is 6.17 Å². The lowest BCUT2D eigenvalue weighted by molar-refractivity contribution is 0.159. The fourth-order valence-corrected chi connectivity index (χ4v) is 4.99. The molecule has 0 radical (unpaired) electrons. The zero-order valence-electron chi connectivity index (χ0n) is 21.9. The predicted octanol–water partition coefficient (Wildman–Crippen LogP) is 9.65. The summed E-state index contributed by atoms with van der Waals surface area (Å²) in [7, 11) is 2.26. The average molecular weight is 435 g/mol. The van der Waals surface area contributed by atoms with Crippen LogP contribution in [0.2, 0.25) is 0 Å². The number of nitrogens with zero attached hydrogens (tertiary/aromatic N) is 2. The van der Waals surface area contributed by atoms with Gasteiger partial charge in [0.15, 0.2) is 0 Å². The second-order valence-electron chi connectivity index (χ2n) is 10.2. The Labute approximate surface area is 197 Å². The summed E-state index contributed by atoms with van der Waals surface area (Å²) in [4.78, 5) is 5.04. The van der Waals surface area contributed by atoms with E-state index in [2.05, 4.69) is 43.1 Å². The van der Waals surface area contributed by atoms with Crippen molar-refractivity contribution in [2.75, 3.05) is 13.6 Å². The number of hydrogen-bond acceptors (Lipinski definition) is 2. The number of unbranched alkanes of at least 4 members (excludes halogenated alkanes) is 19. The van der Waals surface area contributed by atoms with E-state index in [0.29, 0.717) is 6.17 Å². The molecule has 1 aliphatic heterocycles. The summed E-state index contributed by atoms with van der Waals surface area (Å²) < 4.78 is 0. The average Bonchev–Trinajstić information content (AvgIpc) is 3.12. The topological polar surface area (TPSA) is 6.48 Å². The van der Waals surface area contributed by atoms with Gasteiger partial charge in [0.25, 0.3) is 0 Å². The molecule has 1 heterocycles. The van der Waals surface area contributed by atoms with Gasteiger partial charge in [-0.25, -0.2) is 0 Å². The minimum Gasteiger partial charge on any atom is -0.359 e. The predicted molar refractivity (Wildman–Crippen MR) is 140 cm³/mol. The van der Waals surface area contributed by atoms with E-state index in [-0.39, 0.29) is 0 Å². The van der Waals surface area contributed by atoms with E-state index in [1.165, 1.54) is 148 Å². The third-order valence-corrected chi connectivity index (χ3v) is 7.18. The molecule has 0 aromatic rings. The maximum absolute atomic E-state index is 2.61. The zero-order valence-corrected chi connectivity index (χ0v) is 21.9. The molecule has 1 atom stereocenters. The van der Waals surface area contributed by atoms with Gasteiger partial charge < -0.3 is 9.80 Å². The van der Waals surface area contributed by atoms with Crippen molar-refractivity contribution in [1.29, 1.82) is 0 Å². The minimum atomic E-state index is 0.623. The monoisotopic (exact) mass is 434 g/mol. The summed E-state index contributed by atoms with van der Waals surface area (Å²) in [5, 5.41) is 0. The van der Waals surface area contributed by atoms with Crippen LogP contribution in [0, 0.1) is 0 Å². The molecule has 0 spiro atoms. The highest BCUT2D eigenvalue weighted by Gasteiger charge is 2.22. The van der Waals surface area contributed by atoms with E-state index in [1.807, 2.05) is 0 Å². The van der Waals surface area contributed by atoms with Gasteiger partial charge in [-0.15, -0.1) is 0 Å². The van der Waals surface area contributed by atoms with Crippen LogP contribution >= 0.6 is 0 Å². The lowest BCUT2D eigenvalue weighted by Crippen LogP contribution is -2.37. The third kappa shape index (κ3) is 15.7. The second kappa shape index (κ2) is 21.2. The maximum Gasteiger partial charge on any atom is 0.100 e. The first kappa shape index (κ1) is 28.4. The highest BCUT2D eigenvalue weighted by molar-refractivity contribution is 4.95. The van der Waals surface area contributed by atoms with E-state index in [9.17, 15) is 0 Å². The molecule has 0 saturated heterocycles. The van der Waals surface area contributed by atoms with Gasteiger partial charge >= 0.3 is 0 Å². The quantitative estimate of drug-likeness (QED) is 0.148. The van der Waals surface area contributed by atoms with Gasteiger partial charge in [-0.1, -0.05) is 136 Å². The number of rotatable bonds is 23. The van der Waals surface area contributed by atoms with Gasteiger partial charge in [-0.05, 0) is 19.3 Å². The second-order valence-corrected chi connectivity index (χ2v) is 10.2. The van der Waals surface area contributed by atoms with E-state index in [1.54, 1.807) is 0 Å². The molecular formula is C29H58N2. The molecule has 0 fully saturated rings. The van der Waals surface area contributed by atoms with E-state index in [4.69, 9.17) is 0 Å². The first-order valence-electron chi connectivity index (χ1n) is 14.5. The Balaban J connectivity index is 1.93. The van der Waals surface area contributed by atoms with Crippen LogP contribution in [0.15, 0.2) is 12.4 Å². The van der Waals surface area contributed by atoms with E-state index in [0.717, 1.165) is 0 Å². The molecule has 0 aromatic carbocycles. The fourth-order valence-electron chi connectivity index (χ4n) is 4.99. The molecular weight excluding hydrogens is 376 g/mol. The summed E-state index contributed by atoms with van der Waals surface area (Å²) in [6.07, 6.45) is 36.7. The lowest BCUT2D eigenvalue weighted by Gasteiger charge is -2.30. The summed E-state index contributed by atoms with van der Waals surface area (Å²) in [5.41, 5.74) is 0. The summed E-state index contributed by atoms with van der Waals surface area (Å²) in [5.74, 6) is 0. The molecule has 2 heteroatoms. The minimum absolute atomic E-state index is 0.623. The SMILES string of the molecule is CCCCCCCCCCCCCCCN1C=CN(C)C1CCCCCCCCCC. The Morgan fingerprint density at radius 2 is 0.871 bits per heavy atom. The van der Waals surface area contributed by atoms with Crippen molar-refractivity contribution >= 4 is 0 Å². The highest BCUT2D eigenvalue weighted by atomic mass is 15.4. The lowest BCUT2D eigenvalue weighted by atomic mass is 10.0. The van der Waals surface area contributed by atoms with Crippen molar-refractivity contribution in [2.45, 2.75) is 161 Å². The van der Waals surface area contributed by atoms with Gasteiger partial charge in [0.05, 0.1) is 0 Å². The number of hydrogen-bond donors (Lipinski definition) is 0.